The Hall–Kier alpha value is -1.63. The highest BCUT2D eigenvalue weighted by Crippen LogP contribution is 2.30. The van der Waals surface area contributed by atoms with E-state index in [1.54, 1.807) is 18.7 Å². The van der Waals surface area contributed by atoms with Gasteiger partial charge in [0.15, 0.2) is 0 Å². The fourth-order valence-electron chi connectivity index (χ4n) is 2.62. The van der Waals surface area contributed by atoms with Crippen molar-refractivity contribution in [3.05, 3.63) is 15.8 Å². The number of ether oxygens (including phenoxy) is 1. The second-order valence-electron chi connectivity index (χ2n) is 5.01. The normalized spacial score (nSPS) is 19.4. The molecule has 0 amide bonds. The van der Waals surface area contributed by atoms with Gasteiger partial charge in [0.1, 0.15) is 5.69 Å². The van der Waals surface area contributed by atoms with Crippen LogP contribution in [0.3, 0.4) is 0 Å². The van der Waals surface area contributed by atoms with Crippen LogP contribution in [-0.4, -0.2) is 41.0 Å². The lowest BCUT2D eigenvalue weighted by molar-refractivity contribution is -0.384. The highest BCUT2D eigenvalue weighted by Gasteiger charge is 2.28. The van der Waals surface area contributed by atoms with Crippen molar-refractivity contribution in [3.63, 3.8) is 0 Å². The summed E-state index contributed by atoms with van der Waals surface area (Å²) in [6.45, 7) is 3.09. The van der Waals surface area contributed by atoms with Gasteiger partial charge in [0.25, 0.3) is 0 Å². The maximum atomic E-state index is 11.1. The van der Waals surface area contributed by atoms with E-state index >= 15 is 0 Å². The molecule has 1 aliphatic rings. The van der Waals surface area contributed by atoms with Crippen molar-refractivity contribution in [2.75, 3.05) is 25.1 Å². The zero-order valence-electron chi connectivity index (χ0n) is 11.6. The molecule has 1 saturated heterocycles. The van der Waals surface area contributed by atoms with Crippen LogP contribution < -0.4 is 4.90 Å². The SMILES string of the molecule is Cc1nn(C)c(N(C)CC2CCCCO2)c1[N+](=O)[O-]. The highest BCUT2D eigenvalue weighted by molar-refractivity contribution is 5.60. The number of hydrogen-bond donors (Lipinski definition) is 0. The summed E-state index contributed by atoms with van der Waals surface area (Å²) >= 11 is 0. The lowest BCUT2D eigenvalue weighted by Gasteiger charge is -2.28. The van der Waals surface area contributed by atoms with Crippen LogP contribution in [0.5, 0.6) is 0 Å². The number of nitro groups is 1. The summed E-state index contributed by atoms with van der Waals surface area (Å²) in [6.07, 6.45) is 3.42. The van der Waals surface area contributed by atoms with E-state index in [1.165, 1.54) is 0 Å². The number of aryl methyl sites for hydroxylation is 2. The average molecular weight is 268 g/mol. The Morgan fingerprint density at radius 3 is 2.89 bits per heavy atom. The number of likely N-dealkylation sites (N-methyl/N-ethyl adjacent to an activating group) is 1. The van der Waals surface area contributed by atoms with E-state index in [2.05, 4.69) is 5.10 Å². The van der Waals surface area contributed by atoms with E-state index in [0.717, 1.165) is 25.9 Å². The van der Waals surface area contributed by atoms with Gasteiger partial charge in [-0.2, -0.15) is 5.10 Å². The number of anilines is 1. The predicted octanol–water partition coefficient (Wildman–Crippen LogP) is 1.64. The molecule has 2 rings (SSSR count). The van der Waals surface area contributed by atoms with Gasteiger partial charge in [0.05, 0.1) is 11.0 Å². The Morgan fingerprint density at radius 1 is 1.58 bits per heavy atom. The van der Waals surface area contributed by atoms with Crippen molar-refractivity contribution in [1.82, 2.24) is 9.78 Å². The molecule has 0 N–H and O–H groups in total. The fraction of sp³-hybridized carbons (Fsp3) is 0.750. The Labute approximate surface area is 112 Å². The molecular weight excluding hydrogens is 248 g/mol. The molecule has 0 aliphatic carbocycles. The molecule has 0 spiro atoms. The van der Waals surface area contributed by atoms with Gasteiger partial charge in [0.2, 0.25) is 5.82 Å². The van der Waals surface area contributed by atoms with Crippen LogP contribution >= 0.6 is 0 Å². The van der Waals surface area contributed by atoms with E-state index in [9.17, 15) is 10.1 Å². The highest BCUT2D eigenvalue weighted by atomic mass is 16.6. The Bertz CT molecular complexity index is 466. The maximum Gasteiger partial charge on any atom is 0.333 e. The zero-order chi connectivity index (χ0) is 14.0. The number of hydrogen-bond acceptors (Lipinski definition) is 5. The molecule has 2 heterocycles. The summed E-state index contributed by atoms with van der Waals surface area (Å²) in [6, 6.07) is 0. The third-order valence-corrected chi connectivity index (χ3v) is 3.46. The number of rotatable bonds is 4. The Kier molecular flexibility index (Phi) is 4.04. The number of nitrogens with zero attached hydrogens (tertiary/aromatic N) is 4. The predicted molar refractivity (Wildman–Crippen MR) is 71.5 cm³/mol. The van der Waals surface area contributed by atoms with Crippen molar-refractivity contribution < 1.29 is 9.66 Å². The summed E-state index contributed by atoms with van der Waals surface area (Å²) in [7, 11) is 3.58. The first kappa shape index (κ1) is 13.8. The summed E-state index contributed by atoms with van der Waals surface area (Å²) in [5.74, 6) is 0.539. The van der Waals surface area contributed by atoms with Gasteiger partial charge < -0.3 is 9.64 Å². The molecule has 1 aromatic heterocycles. The molecule has 0 radical (unpaired) electrons. The molecule has 0 aromatic carbocycles. The second-order valence-corrected chi connectivity index (χ2v) is 5.01. The minimum Gasteiger partial charge on any atom is -0.376 e. The Balaban J connectivity index is 2.18. The maximum absolute atomic E-state index is 11.1. The van der Waals surface area contributed by atoms with Gasteiger partial charge >= 0.3 is 5.69 Å². The molecule has 1 fully saturated rings. The van der Waals surface area contributed by atoms with Crippen molar-refractivity contribution >= 4 is 11.5 Å². The van der Waals surface area contributed by atoms with E-state index in [1.807, 2.05) is 11.9 Å². The van der Waals surface area contributed by atoms with E-state index in [4.69, 9.17) is 4.74 Å². The van der Waals surface area contributed by atoms with Crippen LogP contribution in [0, 0.1) is 17.0 Å². The molecule has 106 valence electrons. The number of aromatic nitrogens is 2. The van der Waals surface area contributed by atoms with Crippen molar-refractivity contribution in [3.8, 4) is 0 Å². The van der Waals surface area contributed by atoms with Gasteiger partial charge in [-0.15, -0.1) is 0 Å². The van der Waals surface area contributed by atoms with E-state index in [-0.39, 0.29) is 16.7 Å². The first-order chi connectivity index (χ1) is 9.00. The van der Waals surface area contributed by atoms with Gasteiger partial charge in [-0.1, -0.05) is 0 Å². The van der Waals surface area contributed by atoms with Crippen LogP contribution in [0.1, 0.15) is 25.0 Å². The van der Waals surface area contributed by atoms with Crippen LogP contribution in [0.15, 0.2) is 0 Å². The van der Waals surface area contributed by atoms with Crippen LogP contribution in [0.2, 0.25) is 0 Å². The van der Waals surface area contributed by atoms with Gasteiger partial charge in [0, 0.05) is 27.2 Å². The molecule has 1 unspecified atom stereocenters. The van der Waals surface area contributed by atoms with Gasteiger partial charge in [-0.05, 0) is 26.2 Å². The summed E-state index contributed by atoms with van der Waals surface area (Å²) in [5.41, 5.74) is 0.528. The first-order valence-corrected chi connectivity index (χ1v) is 6.51. The summed E-state index contributed by atoms with van der Waals surface area (Å²) in [5, 5.41) is 15.3. The van der Waals surface area contributed by atoms with Crippen LogP contribution in [0.4, 0.5) is 11.5 Å². The van der Waals surface area contributed by atoms with Crippen molar-refractivity contribution in [1.29, 1.82) is 0 Å². The van der Waals surface area contributed by atoms with Crippen molar-refractivity contribution in [2.45, 2.75) is 32.3 Å². The standard InChI is InChI=1S/C12H20N4O3/c1-9-11(16(17)18)12(15(3)13-9)14(2)8-10-6-4-5-7-19-10/h10H,4-8H2,1-3H3. The summed E-state index contributed by atoms with van der Waals surface area (Å²) in [4.78, 5) is 12.7. The molecular formula is C12H20N4O3. The lowest BCUT2D eigenvalue weighted by atomic mass is 10.1. The van der Waals surface area contributed by atoms with Crippen molar-refractivity contribution in [2.24, 2.45) is 7.05 Å². The van der Waals surface area contributed by atoms with Crippen LogP contribution in [0.25, 0.3) is 0 Å². The zero-order valence-corrected chi connectivity index (χ0v) is 11.6. The molecule has 0 bridgehead atoms. The smallest absolute Gasteiger partial charge is 0.333 e. The molecule has 7 heteroatoms. The van der Waals surface area contributed by atoms with Gasteiger partial charge in [-0.3, -0.25) is 10.1 Å². The molecule has 19 heavy (non-hydrogen) atoms. The molecule has 0 saturated carbocycles. The quantitative estimate of drug-likeness (QED) is 0.613. The minimum atomic E-state index is -0.365. The minimum absolute atomic E-state index is 0.0841. The van der Waals surface area contributed by atoms with Gasteiger partial charge in [-0.25, -0.2) is 4.68 Å². The molecule has 1 aromatic rings. The van der Waals surface area contributed by atoms with E-state index in [0.29, 0.717) is 18.1 Å². The monoisotopic (exact) mass is 268 g/mol. The topological polar surface area (TPSA) is 73.4 Å². The van der Waals surface area contributed by atoms with E-state index < -0.39 is 0 Å². The Morgan fingerprint density at radius 2 is 2.32 bits per heavy atom. The molecule has 1 aliphatic heterocycles. The third kappa shape index (κ3) is 2.86. The average Bonchev–Trinajstić information content (AvgIpc) is 2.65. The fourth-order valence-corrected chi connectivity index (χ4v) is 2.62. The second kappa shape index (κ2) is 5.56. The molecule has 1 atom stereocenters. The molecule has 7 nitrogen and oxygen atoms in total. The lowest BCUT2D eigenvalue weighted by Crippen LogP contribution is -2.34. The van der Waals surface area contributed by atoms with Crippen LogP contribution in [-0.2, 0) is 11.8 Å². The summed E-state index contributed by atoms with van der Waals surface area (Å²) < 4.78 is 7.24. The first-order valence-electron chi connectivity index (χ1n) is 6.51. The largest absolute Gasteiger partial charge is 0.376 e. The third-order valence-electron chi connectivity index (χ3n) is 3.46.